The molecule has 3 rings (SSSR count). The van der Waals surface area contributed by atoms with Gasteiger partial charge in [0.15, 0.2) is 0 Å². The molecule has 2 aromatic carbocycles. The SMILES string of the molecule is CC(C)=NNc1nc(-c2ccc(Sc3ccccc3)cc2)cs1. The molecule has 0 unspecified atom stereocenters. The van der Waals surface area contributed by atoms with E-state index in [0.717, 1.165) is 22.1 Å². The maximum absolute atomic E-state index is 4.56. The highest BCUT2D eigenvalue weighted by atomic mass is 32.2. The first-order chi connectivity index (χ1) is 11.2. The van der Waals surface area contributed by atoms with Crippen molar-refractivity contribution < 1.29 is 0 Å². The second-order valence-corrected chi connectivity index (χ2v) is 7.15. The third kappa shape index (κ3) is 4.43. The molecule has 0 aliphatic carbocycles. The summed E-state index contributed by atoms with van der Waals surface area (Å²) >= 11 is 3.32. The summed E-state index contributed by atoms with van der Waals surface area (Å²) in [4.78, 5) is 7.03. The molecule has 5 heteroatoms. The lowest BCUT2D eigenvalue weighted by atomic mass is 10.2. The van der Waals surface area contributed by atoms with Crippen molar-refractivity contribution in [3.05, 3.63) is 60.0 Å². The van der Waals surface area contributed by atoms with Gasteiger partial charge >= 0.3 is 0 Å². The van der Waals surface area contributed by atoms with Gasteiger partial charge in [0.05, 0.1) is 5.69 Å². The minimum atomic E-state index is 0.809. The van der Waals surface area contributed by atoms with E-state index in [1.54, 1.807) is 23.1 Å². The van der Waals surface area contributed by atoms with Crippen molar-refractivity contribution in [2.24, 2.45) is 5.10 Å². The molecular weight excluding hydrogens is 322 g/mol. The lowest BCUT2D eigenvalue weighted by molar-refractivity contribution is 1.27. The lowest BCUT2D eigenvalue weighted by Crippen LogP contribution is -1.92. The zero-order chi connectivity index (χ0) is 16.1. The van der Waals surface area contributed by atoms with Gasteiger partial charge in [-0.15, -0.1) is 11.3 Å². The van der Waals surface area contributed by atoms with Crippen LogP contribution in [0.25, 0.3) is 11.3 Å². The van der Waals surface area contributed by atoms with Gasteiger partial charge in [-0.3, -0.25) is 5.43 Å². The van der Waals surface area contributed by atoms with Gasteiger partial charge in [-0.05, 0) is 38.1 Å². The van der Waals surface area contributed by atoms with Gasteiger partial charge in [0, 0.05) is 26.4 Å². The molecule has 1 aromatic heterocycles. The van der Waals surface area contributed by atoms with Crippen LogP contribution in [-0.4, -0.2) is 10.7 Å². The van der Waals surface area contributed by atoms with E-state index in [2.05, 4.69) is 64.0 Å². The average molecular weight is 339 g/mol. The van der Waals surface area contributed by atoms with E-state index < -0.39 is 0 Å². The fraction of sp³-hybridized carbons (Fsp3) is 0.111. The topological polar surface area (TPSA) is 37.3 Å². The Balaban J connectivity index is 1.71. The molecule has 0 saturated carbocycles. The van der Waals surface area contributed by atoms with E-state index in [9.17, 15) is 0 Å². The molecule has 116 valence electrons. The van der Waals surface area contributed by atoms with E-state index in [1.807, 2.05) is 25.3 Å². The Morgan fingerprint density at radius 2 is 1.70 bits per heavy atom. The number of anilines is 1. The second-order valence-electron chi connectivity index (χ2n) is 5.15. The summed E-state index contributed by atoms with van der Waals surface area (Å²) in [6, 6.07) is 18.9. The Kier molecular flexibility index (Phi) is 5.10. The average Bonchev–Trinajstić information content (AvgIpc) is 3.04. The van der Waals surface area contributed by atoms with Crippen LogP contribution in [0.5, 0.6) is 0 Å². The zero-order valence-corrected chi connectivity index (χ0v) is 14.6. The Morgan fingerprint density at radius 1 is 1.00 bits per heavy atom. The Bertz CT molecular complexity index is 789. The van der Waals surface area contributed by atoms with Gasteiger partial charge in [-0.1, -0.05) is 42.1 Å². The largest absolute Gasteiger partial charge is 0.253 e. The molecule has 0 atom stereocenters. The van der Waals surface area contributed by atoms with E-state index in [0.29, 0.717) is 0 Å². The standard InChI is InChI=1S/C18H17N3S2/c1-13(2)20-21-18-19-17(12-22-18)14-8-10-16(11-9-14)23-15-6-4-3-5-7-15/h3-12H,1-2H3,(H,19,21). The molecular formula is C18H17N3S2. The molecule has 3 nitrogen and oxygen atoms in total. The number of hydrazone groups is 1. The van der Waals surface area contributed by atoms with Crippen molar-refractivity contribution in [3.63, 3.8) is 0 Å². The molecule has 0 saturated heterocycles. The highest BCUT2D eigenvalue weighted by Gasteiger charge is 2.05. The first kappa shape index (κ1) is 15.8. The number of nitrogens with zero attached hydrogens (tertiary/aromatic N) is 2. The summed E-state index contributed by atoms with van der Waals surface area (Å²) in [5.41, 5.74) is 6.03. The summed E-state index contributed by atoms with van der Waals surface area (Å²) in [5.74, 6) is 0. The number of aromatic nitrogens is 1. The summed E-state index contributed by atoms with van der Waals surface area (Å²) < 4.78 is 0. The monoisotopic (exact) mass is 339 g/mol. The first-order valence-corrected chi connectivity index (χ1v) is 8.96. The van der Waals surface area contributed by atoms with Crippen LogP contribution in [0.3, 0.4) is 0 Å². The molecule has 1 N–H and O–H groups in total. The molecule has 0 fully saturated rings. The number of hydrogen-bond donors (Lipinski definition) is 1. The third-order valence-corrected chi connectivity index (χ3v) is 4.77. The minimum Gasteiger partial charge on any atom is -0.253 e. The minimum absolute atomic E-state index is 0.809. The molecule has 0 aliphatic heterocycles. The molecule has 0 aliphatic rings. The van der Waals surface area contributed by atoms with Gasteiger partial charge < -0.3 is 0 Å². The summed E-state index contributed by atoms with van der Waals surface area (Å²) in [5, 5.41) is 7.03. The van der Waals surface area contributed by atoms with Gasteiger partial charge in [0.25, 0.3) is 0 Å². The number of benzene rings is 2. The van der Waals surface area contributed by atoms with Crippen LogP contribution in [-0.2, 0) is 0 Å². The molecule has 0 bridgehead atoms. The third-order valence-electron chi connectivity index (χ3n) is 3.01. The quantitative estimate of drug-likeness (QED) is 0.473. The van der Waals surface area contributed by atoms with Gasteiger partial charge in [0.2, 0.25) is 5.13 Å². The molecule has 1 heterocycles. The maximum Gasteiger partial charge on any atom is 0.203 e. The molecule has 3 aromatic rings. The van der Waals surface area contributed by atoms with Crippen molar-refractivity contribution in [1.29, 1.82) is 0 Å². The zero-order valence-electron chi connectivity index (χ0n) is 13.0. The van der Waals surface area contributed by atoms with Crippen molar-refractivity contribution in [1.82, 2.24) is 4.98 Å². The fourth-order valence-electron chi connectivity index (χ4n) is 1.94. The van der Waals surface area contributed by atoms with E-state index in [-0.39, 0.29) is 0 Å². The molecule has 0 radical (unpaired) electrons. The normalized spacial score (nSPS) is 10.3. The van der Waals surface area contributed by atoms with Crippen molar-refractivity contribution >= 4 is 33.9 Å². The van der Waals surface area contributed by atoms with E-state index in [4.69, 9.17) is 0 Å². The highest BCUT2D eigenvalue weighted by Crippen LogP contribution is 2.30. The summed E-state index contributed by atoms with van der Waals surface area (Å²) in [6.07, 6.45) is 0. The molecule has 23 heavy (non-hydrogen) atoms. The van der Waals surface area contributed by atoms with E-state index >= 15 is 0 Å². The smallest absolute Gasteiger partial charge is 0.203 e. The molecule has 0 spiro atoms. The second kappa shape index (κ2) is 7.44. The number of hydrogen-bond acceptors (Lipinski definition) is 5. The fourth-order valence-corrected chi connectivity index (χ4v) is 3.43. The van der Waals surface area contributed by atoms with Gasteiger partial charge in [-0.25, -0.2) is 4.98 Å². The Hall–Kier alpha value is -2.11. The first-order valence-electron chi connectivity index (χ1n) is 7.26. The van der Waals surface area contributed by atoms with E-state index in [1.165, 1.54) is 9.79 Å². The van der Waals surface area contributed by atoms with Gasteiger partial charge in [-0.2, -0.15) is 5.10 Å². The van der Waals surface area contributed by atoms with Crippen molar-refractivity contribution in [2.45, 2.75) is 23.6 Å². The summed E-state index contributed by atoms with van der Waals surface area (Å²) in [7, 11) is 0. The maximum atomic E-state index is 4.56. The van der Waals surface area contributed by atoms with Crippen LogP contribution in [0.4, 0.5) is 5.13 Å². The van der Waals surface area contributed by atoms with Crippen molar-refractivity contribution in [3.8, 4) is 11.3 Å². The van der Waals surface area contributed by atoms with Crippen LogP contribution >= 0.6 is 23.1 Å². The van der Waals surface area contributed by atoms with Gasteiger partial charge in [0.1, 0.15) is 0 Å². The summed E-state index contributed by atoms with van der Waals surface area (Å²) in [6.45, 7) is 3.90. The van der Waals surface area contributed by atoms with Crippen LogP contribution in [0, 0.1) is 0 Å². The predicted molar refractivity (Wildman–Crippen MR) is 101 cm³/mol. The number of nitrogens with one attached hydrogen (secondary N) is 1. The highest BCUT2D eigenvalue weighted by molar-refractivity contribution is 7.99. The van der Waals surface area contributed by atoms with Crippen LogP contribution in [0.15, 0.2) is 74.9 Å². The number of thiazole rings is 1. The van der Waals surface area contributed by atoms with Crippen molar-refractivity contribution in [2.75, 3.05) is 5.43 Å². The predicted octanol–water partition coefficient (Wildman–Crippen LogP) is 5.77. The Morgan fingerprint density at radius 3 is 2.39 bits per heavy atom. The van der Waals surface area contributed by atoms with Crippen LogP contribution in [0.1, 0.15) is 13.8 Å². The van der Waals surface area contributed by atoms with Crippen LogP contribution in [0.2, 0.25) is 0 Å². The number of rotatable bonds is 5. The lowest BCUT2D eigenvalue weighted by Gasteiger charge is -2.02. The molecule has 0 amide bonds. The Labute approximate surface area is 144 Å². The van der Waals surface area contributed by atoms with Crippen LogP contribution < -0.4 is 5.43 Å².